The highest BCUT2D eigenvalue weighted by molar-refractivity contribution is 9.09. The molecule has 92 valence electrons. The molecular weight excluding hydrogens is 266 g/mol. The number of rotatable bonds is 10. The van der Waals surface area contributed by atoms with Gasteiger partial charge in [0.15, 0.2) is 0 Å². The summed E-state index contributed by atoms with van der Waals surface area (Å²) in [6.07, 6.45) is 12.2. The fourth-order valence-electron chi connectivity index (χ4n) is 1.63. The first-order valence-electron chi connectivity index (χ1n) is 6.16. The largest absolute Gasteiger partial charge is 0.337 e. The lowest BCUT2D eigenvalue weighted by Crippen LogP contribution is -2.18. The molecule has 0 spiro atoms. The summed E-state index contributed by atoms with van der Waals surface area (Å²) in [6, 6.07) is 0. The zero-order valence-electron chi connectivity index (χ0n) is 9.87. The van der Waals surface area contributed by atoms with Gasteiger partial charge in [0, 0.05) is 24.3 Å². The molecule has 4 heteroatoms. The second kappa shape index (κ2) is 9.85. The van der Waals surface area contributed by atoms with Crippen molar-refractivity contribution in [2.75, 3.05) is 18.4 Å². The van der Waals surface area contributed by atoms with Crippen LogP contribution in [0, 0.1) is 0 Å². The fraction of sp³-hybridized carbons (Fsp3) is 0.750. The second-order valence-corrected chi connectivity index (χ2v) is 4.80. The lowest BCUT2D eigenvalue weighted by atomic mass is 10.2. The number of nitrogens with one attached hydrogen (secondary N) is 1. The Hall–Kier alpha value is -0.350. The van der Waals surface area contributed by atoms with E-state index in [-0.39, 0.29) is 0 Å². The van der Waals surface area contributed by atoms with E-state index in [1.807, 2.05) is 18.7 Å². The van der Waals surface area contributed by atoms with E-state index in [4.69, 9.17) is 0 Å². The minimum Gasteiger partial charge on any atom is -0.337 e. The molecule has 1 rings (SSSR count). The zero-order valence-corrected chi connectivity index (χ0v) is 11.5. The van der Waals surface area contributed by atoms with E-state index in [1.54, 1.807) is 0 Å². The SMILES string of the molecule is BrCCCCCCNCCCn1ccnc1. The van der Waals surface area contributed by atoms with Crippen LogP contribution < -0.4 is 5.32 Å². The van der Waals surface area contributed by atoms with Gasteiger partial charge in [-0.1, -0.05) is 28.8 Å². The Morgan fingerprint density at radius 2 is 1.88 bits per heavy atom. The quantitative estimate of drug-likeness (QED) is 0.530. The van der Waals surface area contributed by atoms with Crippen LogP contribution in [0.15, 0.2) is 18.7 Å². The molecule has 1 N–H and O–H groups in total. The van der Waals surface area contributed by atoms with Crippen molar-refractivity contribution >= 4 is 15.9 Å². The number of hydrogen-bond donors (Lipinski definition) is 1. The molecule has 0 amide bonds. The summed E-state index contributed by atoms with van der Waals surface area (Å²) in [7, 11) is 0. The number of alkyl halides is 1. The summed E-state index contributed by atoms with van der Waals surface area (Å²) < 4.78 is 2.12. The molecule has 0 saturated carbocycles. The van der Waals surface area contributed by atoms with E-state index in [9.17, 15) is 0 Å². The Morgan fingerprint density at radius 3 is 2.62 bits per heavy atom. The Balaban J connectivity index is 1.78. The van der Waals surface area contributed by atoms with E-state index >= 15 is 0 Å². The van der Waals surface area contributed by atoms with E-state index < -0.39 is 0 Å². The first-order chi connectivity index (χ1) is 7.93. The summed E-state index contributed by atoms with van der Waals surface area (Å²) in [5.74, 6) is 0. The van der Waals surface area contributed by atoms with Gasteiger partial charge in [0.2, 0.25) is 0 Å². The topological polar surface area (TPSA) is 29.9 Å². The van der Waals surface area contributed by atoms with Gasteiger partial charge in [0.25, 0.3) is 0 Å². The minimum atomic E-state index is 1.07. The molecule has 1 aromatic heterocycles. The Bertz CT molecular complexity index is 236. The summed E-state index contributed by atoms with van der Waals surface area (Å²) >= 11 is 3.45. The lowest BCUT2D eigenvalue weighted by molar-refractivity contribution is 0.555. The highest BCUT2D eigenvalue weighted by Gasteiger charge is 1.91. The van der Waals surface area contributed by atoms with Crippen LogP contribution in [0.25, 0.3) is 0 Å². The Kier molecular flexibility index (Phi) is 8.44. The van der Waals surface area contributed by atoms with Crippen LogP contribution in [0.3, 0.4) is 0 Å². The molecule has 0 bridgehead atoms. The molecule has 0 radical (unpaired) electrons. The third-order valence-electron chi connectivity index (χ3n) is 2.57. The molecule has 1 heterocycles. The standard InChI is InChI=1S/C12H22BrN3/c13-6-3-1-2-4-7-14-8-5-10-16-11-9-15-12-16/h9,11-12,14H,1-8,10H2. The van der Waals surface area contributed by atoms with Gasteiger partial charge in [-0.05, 0) is 32.4 Å². The predicted molar refractivity (Wildman–Crippen MR) is 72.0 cm³/mol. The predicted octanol–water partition coefficient (Wildman–Crippen LogP) is 2.82. The summed E-state index contributed by atoms with van der Waals surface area (Å²) in [6.45, 7) is 3.33. The third-order valence-corrected chi connectivity index (χ3v) is 3.13. The molecule has 0 fully saturated rings. The molecule has 16 heavy (non-hydrogen) atoms. The maximum Gasteiger partial charge on any atom is 0.0945 e. The molecule has 0 atom stereocenters. The highest BCUT2D eigenvalue weighted by atomic mass is 79.9. The number of halogens is 1. The fourth-order valence-corrected chi connectivity index (χ4v) is 2.03. The molecule has 0 aromatic carbocycles. The zero-order chi connectivity index (χ0) is 11.5. The highest BCUT2D eigenvalue weighted by Crippen LogP contribution is 2.00. The molecule has 0 aliphatic heterocycles. The van der Waals surface area contributed by atoms with Crippen LogP contribution in [-0.4, -0.2) is 28.0 Å². The van der Waals surface area contributed by atoms with Crippen molar-refractivity contribution in [3.05, 3.63) is 18.7 Å². The minimum absolute atomic E-state index is 1.07. The number of hydrogen-bond acceptors (Lipinski definition) is 2. The van der Waals surface area contributed by atoms with Crippen molar-refractivity contribution in [2.45, 2.75) is 38.6 Å². The van der Waals surface area contributed by atoms with Gasteiger partial charge < -0.3 is 9.88 Å². The van der Waals surface area contributed by atoms with Crippen LogP contribution in [0.4, 0.5) is 0 Å². The van der Waals surface area contributed by atoms with Crippen LogP contribution in [0.1, 0.15) is 32.1 Å². The summed E-state index contributed by atoms with van der Waals surface area (Å²) in [5, 5.41) is 4.62. The molecular formula is C12H22BrN3. The molecule has 0 aliphatic carbocycles. The molecule has 0 saturated heterocycles. The van der Waals surface area contributed by atoms with Crippen LogP contribution in [-0.2, 0) is 6.54 Å². The number of imidazole rings is 1. The third kappa shape index (κ3) is 7.01. The van der Waals surface area contributed by atoms with Gasteiger partial charge in [-0.25, -0.2) is 4.98 Å². The number of unbranched alkanes of at least 4 members (excludes halogenated alkanes) is 3. The summed E-state index contributed by atoms with van der Waals surface area (Å²) in [5.41, 5.74) is 0. The van der Waals surface area contributed by atoms with Crippen LogP contribution >= 0.6 is 15.9 Å². The van der Waals surface area contributed by atoms with Crippen molar-refractivity contribution in [3.8, 4) is 0 Å². The average molecular weight is 288 g/mol. The van der Waals surface area contributed by atoms with Gasteiger partial charge in [-0.2, -0.15) is 0 Å². The lowest BCUT2D eigenvalue weighted by Gasteiger charge is -2.05. The molecule has 0 aliphatic rings. The maximum absolute atomic E-state index is 4.02. The van der Waals surface area contributed by atoms with Crippen molar-refractivity contribution in [3.63, 3.8) is 0 Å². The van der Waals surface area contributed by atoms with Gasteiger partial charge in [-0.15, -0.1) is 0 Å². The molecule has 1 aromatic rings. The van der Waals surface area contributed by atoms with Crippen molar-refractivity contribution in [1.82, 2.24) is 14.9 Å². The van der Waals surface area contributed by atoms with Crippen molar-refractivity contribution in [2.24, 2.45) is 0 Å². The van der Waals surface area contributed by atoms with E-state index in [0.717, 1.165) is 25.0 Å². The van der Waals surface area contributed by atoms with Crippen LogP contribution in [0.2, 0.25) is 0 Å². The Morgan fingerprint density at radius 1 is 1.06 bits per heavy atom. The monoisotopic (exact) mass is 287 g/mol. The van der Waals surface area contributed by atoms with Crippen molar-refractivity contribution in [1.29, 1.82) is 0 Å². The van der Waals surface area contributed by atoms with E-state index in [1.165, 1.54) is 32.1 Å². The number of nitrogens with zero attached hydrogens (tertiary/aromatic N) is 2. The first-order valence-corrected chi connectivity index (χ1v) is 7.28. The van der Waals surface area contributed by atoms with E-state index in [0.29, 0.717) is 0 Å². The molecule has 0 unspecified atom stereocenters. The van der Waals surface area contributed by atoms with Gasteiger partial charge >= 0.3 is 0 Å². The van der Waals surface area contributed by atoms with Gasteiger partial charge in [0.1, 0.15) is 0 Å². The number of aryl methyl sites for hydroxylation is 1. The molecule has 3 nitrogen and oxygen atoms in total. The average Bonchev–Trinajstić information content (AvgIpc) is 2.80. The van der Waals surface area contributed by atoms with Gasteiger partial charge in [-0.3, -0.25) is 0 Å². The van der Waals surface area contributed by atoms with Crippen molar-refractivity contribution < 1.29 is 0 Å². The smallest absolute Gasteiger partial charge is 0.0945 e. The number of aromatic nitrogens is 2. The van der Waals surface area contributed by atoms with E-state index in [2.05, 4.69) is 30.8 Å². The van der Waals surface area contributed by atoms with Gasteiger partial charge in [0.05, 0.1) is 6.33 Å². The first kappa shape index (κ1) is 13.7. The summed E-state index contributed by atoms with van der Waals surface area (Å²) in [4.78, 5) is 4.02. The Labute approximate surface area is 107 Å². The van der Waals surface area contributed by atoms with Crippen LogP contribution in [0.5, 0.6) is 0 Å². The maximum atomic E-state index is 4.02. The second-order valence-electron chi connectivity index (χ2n) is 4.01. The normalized spacial score (nSPS) is 10.8.